The molecule has 0 fully saturated rings. The van der Waals surface area contributed by atoms with Crippen LogP contribution >= 0.6 is 0 Å². The number of carbonyl (C=O) groups is 1. The number of nitrogens with zero attached hydrogens (tertiary/aromatic N) is 3. The lowest BCUT2D eigenvalue weighted by Crippen LogP contribution is -2.30. The topological polar surface area (TPSA) is 103 Å². The van der Waals surface area contributed by atoms with Crippen LogP contribution in [0.25, 0.3) is 0 Å². The summed E-state index contributed by atoms with van der Waals surface area (Å²) in [4.78, 5) is 21.0. The van der Waals surface area contributed by atoms with Gasteiger partial charge in [0, 0.05) is 11.6 Å². The predicted octanol–water partition coefficient (Wildman–Crippen LogP) is 2.33. The highest BCUT2D eigenvalue weighted by molar-refractivity contribution is 5.71. The van der Waals surface area contributed by atoms with Crippen LogP contribution in [0.4, 0.5) is 18.9 Å². The van der Waals surface area contributed by atoms with Crippen molar-refractivity contribution in [3.05, 3.63) is 33.9 Å². The summed E-state index contributed by atoms with van der Waals surface area (Å²) in [5.74, 6) is -1.35. The summed E-state index contributed by atoms with van der Waals surface area (Å²) < 4.78 is 47.9. The first-order valence-corrected chi connectivity index (χ1v) is 5.70. The van der Waals surface area contributed by atoms with Crippen molar-refractivity contribution >= 4 is 11.7 Å². The molecule has 1 aromatic rings. The van der Waals surface area contributed by atoms with E-state index in [1.807, 2.05) is 0 Å². The number of ether oxygens (including phenoxy) is 2. The highest BCUT2D eigenvalue weighted by Crippen LogP contribution is 2.53. The first-order chi connectivity index (χ1) is 10.2. The molecule has 118 valence electrons. The van der Waals surface area contributed by atoms with E-state index in [2.05, 4.69) is 15.0 Å². The molecule has 0 bridgehead atoms. The van der Waals surface area contributed by atoms with Crippen molar-refractivity contribution in [2.24, 2.45) is 10.2 Å². The lowest BCUT2D eigenvalue weighted by Gasteiger charge is -2.15. The van der Waals surface area contributed by atoms with Crippen LogP contribution in [0.2, 0.25) is 0 Å². The van der Waals surface area contributed by atoms with Crippen molar-refractivity contribution in [3.63, 3.8) is 0 Å². The Morgan fingerprint density at radius 3 is 2.50 bits per heavy atom. The molecule has 22 heavy (non-hydrogen) atoms. The number of methoxy groups -OCH3 is 1. The van der Waals surface area contributed by atoms with Crippen molar-refractivity contribution < 1.29 is 32.4 Å². The Kier molecular flexibility index (Phi) is 3.73. The molecule has 1 aromatic carbocycles. The summed E-state index contributed by atoms with van der Waals surface area (Å²) >= 11 is 0. The van der Waals surface area contributed by atoms with Gasteiger partial charge in [0.05, 0.1) is 12.0 Å². The largest absolute Gasteiger partial charge is 0.475 e. The maximum absolute atomic E-state index is 12.9. The van der Waals surface area contributed by atoms with Gasteiger partial charge in [-0.05, 0) is 12.1 Å². The van der Waals surface area contributed by atoms with Gasteiger partial charge in [-0.2, -0.15) is 13.2 Å². The summed E-state index contributed by atoms with van der Waals surface area (Å²) in [6.07, 6.45) is -4.78. The number of hydrogen-bond acceptors (Lipinski definition) is 7. The minimum absolute atomic E-state index is 0.439. The maximum Gasteiger partial charge on any atom is 0.442 e. The number of esters is 1. The minimum Gasteiger partial charge on any atom is -0.475 e. The third-order valence-corrected chi connectivity index (χ3v) is 2.83. The van der Waals surface area contributed by atoms with E-state index in [1.165, 1.54) is 0 Å². The second-order valence-electron chi connectivity index (χ2n) is 4.17. The summed E-state index contributed by atoms with van der Waals surface area (Å²) in [6, 6.07) is 2.50. The molecule has 0 atom stereocenters. The average molecular weight is 319 g/mol. The zero-order chi connectivity index (χ0) is 16.5. The molecule has 1 heterocycles. The highest BCUT2D eigenvalue weighted by Gasteiger charge is 2.65. The van der Waals surface area contributed by atoms with E-state index in [1.54, 1.807) is 0 Å². The van der Waals surface area contributed by atoms with E-state index < -0.39 is 46.3 Å². The number of hydrogen-bond donors (Lipinski definition) is 0. The molecule has 1 aliphatic rings. The Morgan fingerprint density at radius 1 is 1.41 bits per heavy atom. The van der Waals surface area contributed by atoms with Crippen LogP contribution in [0.15, 0.2) is 28.4 Å². The molecule has 0 unspecified atom stereocenters. The molecule has 0 aromatic heterocycles. The Bertz CT molecular complexity index is 653. The normalized spacial score (nSPS) is 15.3. The van der Waals surface area contributed by atoms with Gasteiger partial charge in [-0.1, -0.05) is 0 Å². The maximum atomic E-state index is 12.9. The summed E-state index contributed by atoms with van der Waals surface area (Å²) in [6.45, 7) is -0.686. The number of nitro groups is 1. The number of carbonyl (C=O) groups excluding carboxylic acids is 1. The second kappa shape index (κ2) is 5.24. The van der Waals surface area contributed by atoms with Crippen molar-refractivity contribution in [1.82, 2.24) is 0 Å². The molecule has 0 radical (unpaired) electrons. The van der Waals surface area contributed by atoms with Crippen LogP contribution in [0.3, 0.4) is 0 Å². The molecule has 0 aliphatic carbocycles. The zero-order valence-electron chi connectivity index (χ0n) is 11.0. The molecule has 8 nitrogen and oxygen atoms in total. The summed E-state index contributed by atoms with van der Waals surface area (Å²) in [5.41, 5.74) is -3.76. The number of alkyl halides is 3. The van der Waals surface area contributed by atoms with E-state index in [-0.39, 0.29) is 0 Å². The van der Waals surface area contributed by atoms with Gasteiger partial charge in [-0.3, -0.25) is 10.1 Å². The Hall–Kier alpha value is -2.72. The quantitative estimate of drug-likeness (QED) is 0.470. The third-order valence-electron chi connectivity index (χ3n) is 2.83. The van der Waals surface area contributed by atoms with E-state index in [0.717, 1.165) is 25.3 Å². The van der Waals surface area contributed by atoms with E-state index in [0.29, 0.717) is 0 Å². The van der Waals surface area contributed by atoms with E-state index in [9.17, 15) is 28.1 Å². The lowest BCUT2D eigenvalue weighted by atomic mass is 10.0. The number of benzene rings is 1. The van der Waals surface area contributed by atoms with Crippen molar-refractivity contribution in [3.8, 4) is 5.75 Å². The fraction of sp³-hybridized carbons (Fsp3) is 0.364. The third kappa shape index (κ3) is 2.69. The zero-order valence-corrected chi connectivity index (χ0v) is 11.0. The van der Waals surface area contributed by atoms with Gasteiger partial charge in [0.1, 0.15) is 0 Å². The molecule has 0 saturated carbocycles. The summed E-state index contributed by atoms with van der Waals surface area (Å²) in [7, 11) is 1.07. The van der Waals surface area contributed by atoms with E-state index in [4.69, 9.17) is 4.74 Å². The Labute approximate surface area is 120 Å². The van der Waals surface area contributed by atoms with Gasteiger partial charge in [0.25, 0.3) is 0 Å². The van der Waals surface area contributed by atoms with Gasteiger partial charge in [-0.15, -0.1) is 10.2 Å². The van der Waals surface area contributed by atoms with Crippen molar-refractivity contribution in [2.45, 2.75) is 11.8 Å². The lowest BCUT2D eigenvalue weighted by molar-refractivity contribution is -0.385. The average Bonchev–Trinajstić information content (AvgIpc) is 3.25. The molecule has 1 aliphatic heterocycles. The fourth-order valence-corrected chi connectivity index (χ4v) is 1.64. The van der Waals surface area contributed by atoms with Gasteiger partial charge < -0.3 is 9.47 Å². The van der Waals surface area contributed by atoms with Gasteiger partial charge in [-0.25, -0.2) is 4.79 Å². The molecule has 0 spiro atoms. The number of halogens is 3. The molecule has 0 N–H and O–H groups in total. The van der Waals surface area contributed by atoms with Crippen molar-refractivity contribution in [2.75, 3.05) is 13.7 Å². The number of rotatable bonds is 5. The van der Waals surface area contributed by atoms with Gasteiger partial charge in [0.2, 0.25) is 0 Å². The van der Waals surface area contributed by atoms with Gasteiger partial charge >= 0.3 is 23.5 Å². The van der Waals surface area contributed by atoms with Crippen molar-refractivity contribution in [1.29, 1.82) is 0 Å². The predicted molar refractivity (Wildman–Crippen MR) is 63.2 cm³/mol. The second-order valence-corrected chi connectivity index (χ2v) is 4.17. The monoisotopic (exact) mass is 319 g/mol. The Balaban J connectivity index is 2.36. The molecular formula is C11H8F3N3O5. The Morgan fingerprint density at radius 2 is 2.05 bits per heavy atom. The molecular weight excluding hydrogens is 311 g/mol. The molecule has 11 heteroatoms. The van der Waals surface area contributed by atoms with Crippen LogP contribution in [-0.4, -0.2) is 30.8 Å². The summed E-state index contributed by atoms with van der Waals surface area (Å²) in [5, 5.41) is 16.8. The molecule has 0 amide bonds. The van der Waals surface area contributed by atoms with Crippen LogP contribution in [-0.2, 0) is 15.2 Å². The minimum atomic E-state index is -4.78. The molecule has 2 rings (SSSR count). The first kappa shape index (κ1) is 15.7. The van der Waals surface area contributed by atoms with Crippen LogP contribution in [0.5, 0.6) is 5.75 Å². The smallest absolute Gasteiger partial charge is 0.442 e. The van der Waals surface area contributed by atoms with Crippen LogP contribution in [0.1, 0.15) is 5.56 Å². The van der Waals surface area contributed by atoms with E-state index >= 15 is 0 Å². The molecule has 0 saturated heterocycles. The van der Waals surface area contributed by atoms with Gasteiger partial charge in [0.15, 0.2) is 12.4 Å². The first-order valence-electron chi connectivity index (χ1n) is 5.70. The SMILES string of the molecule is COC(=O)COc1cc(C2(C(F)(F)F)N=N2)ccc1[N+](=O)[O-]. The standard InChI is InChI=1S/C11H8F3N3O5/c1-21-9(18)5-22-8-4-6(2-3-7(8)17(19)20)10(15-16-10)11(12,13)14/h2-4H,5H2,1H3. The highest BCUT2D eigenvalue weighted by atomic mass is 19.4. The van der Waals surface area contributed by atoms with Crippen LogP contribution < -0.4 is 4.74 Å². The number of nitro benzene ring substituents is 1. The fourth-order valence-electron chi connectivity index (χ4n) is 1.64. The van der Waals surface area contributed by atoms with Crippen LogP contribution in [0, 0.1) is 10.1 Å².